The molecule has 2 aliphatic rings. The van der Waals surface area contributed by atoms with Gasteiger partial charge in [-0.25, -0.2) is 9.59 Å². The lowest BCUT2D eigenvalue weighted by Crippen LogP contribution is -2.47. The second kappa shape index (κ2) is 3.29. The third-order valence-corrected chi connectivity index (χ3v) is 3.16. The van der Waals surface area contributed by atoms with Crippen molar-refractivity contribution in [3.63, 3.8) is 0 Å². The Balaban J connectivity index is 2.24. The zero-order valence-corrected chi connectivity index (χ0v) is 9.15. The molecule has 0 aromatic heterocycles. The SMILES string of the molecule is CC[C@@H](C)N1C(=O)N(C)[C@@H]2NC(=O)N[C@@H]21. The van der Waals surface area contributed by atoms with Gasteiger partial charge in [0.05, 0.1) is 0 Å². The van der Waals surface area contributed by atoms with Crippen LogP contribution in [0.5, 0.6) is 0 Å². The van der Waals surface area contributed by atoms with Crippen LogP contribution in [0.15, 0.2) is 0 Å². The normalized spacial score (nSPS) is 31.4. The lowest BCUT2D eigenvalue weighted by atomic mass is 10.2. The van der Waals surface area contributed by atoms with Crippen molar-refractivity contribution in [2.24, 2.45) is 0 Å². The average Bonchev–Trinajstić information content (AvgIpc) is 2.66. The molecule has 2 N–H and O–H groups in total. The van der Waals surface area contributed by atoms with Crippen molar-refractivity contribution in [1.82, 2.24) is 20.4 Å². The minimum atomic E-state index is -0.237. The zero-order valence-electron chi connectivity index (χ0n) is 9.15. The molecule has 0 bridgehead atoms. The number of likely N-dealkylation sites (N-methyl/N-ethyl adjacent to an activating group) is 1. The second-order valence-corrected chi connectivity index (χ2v) is 4.07. The maximum atomic E-state index is 11.9. The van der Waals surface area contributed by atoms with Gasteiger partial charge in [-0.2, -0.15) is 0 Å². The number of urea groups is 2. The second-order valence-electron chi connectivity index (χ2n) is 4.07. The van der Waals surface area contributed by atoms with E-state index >= 15 is 0 Å². The molecule has 0 aliphatic carbocycles. The number of rotatable bonds is 2. The van der Waals surface area contributed by atoms with E-state index < -0.39 is 0 Å². The fourth-order valence-corrected chi connectivity index (χ4v) is 2.08. The molecule has 0 aromatic rings. The van der Waals surface area contributed by atoms with Crippen LogP contribution < -0.4 is 10.6 Å². The number of carbonyl (C=O) groups is 2. The smallest absolute Gasteiger partial charge is 0.314 e. The molecule has 3 atom stereocenters. The van der Waals surface area contributed by atoms with Crippen molar-refractivity contribution in [2.75, 3.05) is 7.05 Å². The molecule has 0 saturated carbocycles. The third-order valence-electron chi connectivity index (χ3n) is 3.16. The summed E-state index contributed by atoms with van der Waals surface area (Å²) < 4.78 is 0. The molecule has 15 heavy (non-hydrogen) atoms. The van der Waals surface area contributed by atoms with Gasteiger partial charge in [0.25, 0.3) is 0 Å². The van der Waals surface area contributed by atoms with Crippen LogP contribution in [0, 0.1) is 0 Å². The molecule has 2 rings (SSSR count). The van der Waals surface area contributed by atoms with Gasteiger partial charge in [0.15, 0.2) is 0 Å². The summed E-state index contributed by atoms with van der Waals surface area (Å²) in [5.41, 5.74) is 0. The van der Waals surface area contributed by atoms with Gasteiger partial charge >= 0.3 is 12.1 Å². The van der Waals surface area contributed by atoms with Gasteiger partial charge in [-0.15, -0.1) is 0 Å². The molecule has 6 heteroatoms. The summed E-state index contributed by atoms with van der Waals surface area (Å²) in [5, 5.41) is 5.47. The Bertz CT molecular complexity index is 306. The minimum absolute atomic E-state index is 0.0353. The highest BCUT2D eigenvalue weighted by Gasteiger charge is 2.50. The topological polar surface area (TPSA) is 64.7 Å². The van der Waals surface area contributed by atoms with Gasteiger partial charge in [0, 0.05) is 13.1 Å². The van der Waals surface area contributed by atoms with Crippen molar-refractivity contribution in [2.45, 2.75) is 38.6 Å². The highest BCUT2D eigenvalue weighted by molar-refractivity contribution is 5.84. The van der Waals surface area contributed by atoms with Crippen molar-refractivity contribution in [3.05, 3.63) is 0 Å². The Kier molecular flexibility index (Phi) is 2.21. The molecule has 0 spiro atoms. The van der Waals surface area contributed by atoms with E-state index in [2.05, 4.69) is 10.6 Å². The van der Waals surface area contributed by atoms with E-state index in [0.717, 1.165) is 6.42 Å². The molecule has 2 heterocycles. The lowest BCUT2D eigenvalue weighted by Gasteiger charge is -2.27. The third kappa shape index (κ3) is 1.32. The molecular formula is C9H16N4O2. The average molecular weight is 212 g/mol. The molecule has 4 amide bonds. The first-order chi connectivity index (χ1) is 7.06. The molecule has 0 aromatic carbocycles. The standard InChI is InChI=1S/C9H16N4O2/c1-4-5(2)13-7-6(10-8(14)11-7)12(3)9(13)15/h5-7H,4H2,1-3H3,(H2,10,11,14)/t5-,6+,7-/m1/s1. The molecule has 0 unspecified atom stereocenters. The van der Waals surface area contributed by atoms with Crippen molar-refractivity contribution < 1.29 is 9.59 Å². The van der Waals surface area contributed by atoms with E-state index in [1.807, 2.05) is 13.8 Å². The van der Waals surface area contributed by atoms with E-state index in [1.165, 1.54) is 0 Å². The largest absolute Gasteiger partial charge is 0.323 e. The Hall–Kier alpha value is -1.46. The number of hydrogen-bond donors (Lipinski definition) is 2. The van der Waals surface area contributed by atoms with Gasteiger partial charge in [0.2, 0.25) is 0 Å². The number of amides is 4. The summed E-state index contributed by atoms with van der Waals surface area (Å²) in [6.07, 6.45) is 0.405. The Morgan fingerprint density at radius 1 is 1.33 bits per heavy atom. The van der Waals surface area contributed by atoms with Gasteiger partial charge in [0.1, 0.15) is 12.3 Å². The fraction of sp³-hybridized carbons (Fsp3) is 0.778. The van der Waals surface area contributed by atoms with Crippen molar-refractivity contribution >= 4 is 12.1 Å². The molecule has 6 nitrogen and oxygen atoms in total. The molecule has 84 valence electrons. The molecule has 0 radical (unpaired) electrons. The summed E-state index contributed by atoms with van der Waals surface area (Å²) in [4.78, 5) is 26.4. The summed E-state index contributed by atoms with van der Waals surface area (Å²) in [6, 6.07) is -0.111. The summed E-state index contributed by atoms with van der Waals surface area (Å²) in [5.74, 6) is 0. The van der Waals surface area contributed by atoms with E-state index in [9.17, 15) is 9.59 Å². The number of nitrogens with zero attached hydrogens (tertiary/aromatic N) is 2. The highest BCUT2D eigenvalue weighted by Crippen LogP contribution is 2.24. The zero-order chi connectivity index (χ0) is 11.2. The first-order valence-electron chi connectivity index (χ1n) is 5.18. The van der Waals surface area contributed by atoms with Crippen molar-refractivity contribution in [3.8, 4) is 0 Å². The van der Waals surface area contributed by atoms with Crippen LogP contribution >= 0.6 is 0 Å². The van der Waals surface area contributed by atoms with Gasteiger partial charge in [-0.1, -0.05) is 6.92 Å². The Morgan fingerprint density at radius 3 is 2.53 bits per heavy atom. The first kappa shape index (κ1) is 10.1. The quantitative estimate of drug-likeness (QED) is 0.682. The van der Waals surface area contributed by atoms with Crippen LogP contribution in [-0.2, 0) is 0 Å². The van der Waals surface area contributed by atoms with Gasteiger partial charge < -0.3 is 15.5 Å². The maximum Gasteiger partial charge on any atom is 0.323 e. The van der Waals surface area contributed by atoms with E-state index in [4.69, 9.17) is 0 Å². The monoisotopic (exact) mass is 212 g/mol. The van der Waals surface area contributed by atoms with E-state index in [1.54, 1.807) is 16.8 Å². The number of nitrogens with one attached hydrogen (secondary N) is 2. The number of hydrogen-bond acceptors (Lipinski definition) is 2. The van der Waals surface area contributed by atoms with E-state index in [0.29, 0.717) is 0 Å². The lowest BCUT2D eigenvalue weighted by molar-refractivity contribution is 0.164. The van der Waals surface area contributed by atoms with Gasteiger partial charge in [-0.05, 0) is 13.3 Å². The van der Waals surface area contributed by atoms with Crippen LogP contribution in [0.1, 0.15) is 20.3 Å². The fourth-order valence-electron chi connectivity index (χ4n) is 2.08. The Morgan fingerprint density at radius 2 is 1.93 bits per heavy atom. The minimum Gasteiger partial charge on any atom is -0.314 e. The Labute approximate surface area is 88.6 Å². The van der Waals surface area contributed by atoms with Crippen molar-refractivity contribution in [1.29, 1.82) is 0 Å². The molecule has 2 fully saturated rings. The summed E-state index contributed by atoms with van der Waals surface area (Å²) >= 11 is 0. The first-order valence-corrected chi connectivity index (χ1v) is 5.18. The van der Waals surface area contributed by atoms with Crippen LogP contribution in [0.3, 0.4) is 0 Å². The summed E-state index contributed by atoms with van der Waals surface area (Å²) in [6.45, 7) is 4.01. The molecular weight excluding hydrogens is 196 g/mol. The highest BCUT2D eigenvalue weighted by atomic mass is 16.2. The van der Waals surface area contributed by atoms with Crippen LogP contribution in [0.25, 0.3) is 0 Å². The molecule has 2 aliphatic heterocycles. The number of carbonyl (C=O) groups excluding carboxylic acids is 2. The predicted octanol–water partition coefficient (Wildman–Crippen LogP) is 0.117. The van der Waals surface area contributed by atoms with Crippen LogP contribution in [0.4, 0.5) is 9.59 Å². The maximum absolute atomic E-state index is 11.9. The van der Waals surface area contributed by atoms with E-state index in [-0.39, 0.29) is 30.4 Å². The molecule has 2 saturated heterocycles. The van der Waals surface area contributed by atoms with Crippen LogP contribution in [-0.4, -0.2) is 47.3 Å². The summed E-state index contributed by atoms with van der Waals surface area (Å²) in [7, 11) is 1.70. The van der Waals surface area contributed by atoms with Crippen LogP contribution in [0.2, 0.25) is 0 Å². The predicted molar refractivity (Wildman–Crippen MR) is 54.0 cm³/mol. The van der Waals surface area contributed by atoms with Gasteiger partial charge in [-0.3, -0.25) is 4.90 Å². The number of fused-ring (bicyclic) bond motifs is 1.